The van der Waals surface area contributed by atoms with Crippen molar-refractivity contribution in [3.63, 3.8) is 0 Å². The van der Waals surface area contributed by atoms with Crippen molar-refractivity contribution in [2.75, 3.05) is 20.8 Å². The number of aromatic nitrogens is 1. The molecule has 3 heterocycles. The number of hydrogen-bond donors (Lipinski definition) is 1. The number of carbonyl (C=O) groups excluding carboxylic acids is 1. The van der Waals surface area contributed by atoms with E-state index < -0.39 is 23.5 Å². The minimum absolute atomic E-state index is 0.0521. The Morgan fingerprint density at radius 2 is 1.91 bits per heavy atom. The molecule has 0 saturated carbocycles. The number of methoxy groups -OCH3 is 2. The van der Waals surface area contributed by atoms with E-state index in [1.54, 1.807) is 49.4 Å². The molecule has 5 rings (SSSR count). The molecule has 10 nitrogen and oxygen atoms in total. The van der Waals surface area contributed by atoms with Crippen LogP contribution in [0, 0.1) is 0 Å². The third-order valence-corrected chi connectivity index (χ3v) is 8.32. The van der Waals surface area contributed by atoms with Gasteiger partial charge in [0, 0.05) is 17.2 Å². The first-order valence-electron chi connectivity index (χ1n) is 13.8. The van der Waals surface area contributed by atoms with Crippen LogP contribution in [0.2, 0.25) is 5.02 Å². The number of carboxylic acids is 1. The molecule has 0 fully saturated rings. The average molecular weight is 637 g/mol. The zero-order valence-electron chi connectivity index (χ0n) is 24.4. The predicted octanol–water partition coefficient (Wildman–Crippen LogP) is 5.21. The van der Waals surface area contributed by atoms with Crippen molar-refractivity contribution in [3.8, 4) is 22.8 Å². The molecular weight excluding hydrogens is 608 g/mol. The van der Waals surface area contributed by atoms with Crippen LogP contribution in [0.4, 0.5) is 0 Å². The molecule has 0 unspecified atom stereocenters. The molecule has 0 amide bonds. The van der Waals surface area contributed by atoms with E-state index in [9.17, 15) is 19.5 Å². The molecule has 0 bridgehead atoms. The number of esters is 1. The first kappa shape index (κ1) is 30.8. The molecule has 44 heavy (non-hydrogen) atoms. The number of aromatic carboxylic acids is 1. The number of furan rings is 1. The van der Waals surface area contributed by atoms with Gasteiger partial charge >= 0.3 is 11.9 Å². The standard InChI is InChI=1S/C32H29ClN2O8S/c1-5-7-23-27(31(39)42-6-2)28(21-15-18(40-3)9-13-25(21)41-4)35-29(36)26(44-32(35)34-23)16-19-10-12-24(43-19)17-8-11-22(33)20(14-17)30(37)38/h8-16,28H,5-7H2,1-4H3,(H,37,38)/b26-16-/t28-/m0/s1. The van der Waals surface area contributed by atoms with Gasteiger partial charge in [0.25, 0.3) is 5.56 Å². The number of rotatable bonds is 10. The first-order chi connectivity index (χ1) is 21.2. The number of carbonyl (C=O) groups is 2. The Morgan fingerprint density at radius 3 is 2.59 bits per heavy atom. The largest absolute Gasteiger partial charge is 0.497 e. The van der Waals surface area contributed by atoms with Gasteiger partial charge in [-0.3, -0.25) is 9.36 Å². The number of hydrogen-bond acceptors (Lipinski definition) is 9. The number of fused-ring (bicyclic) bond motifs is 1. The summed E-state index contributed by atoms with van der Waals surface area (Å²) >= 11 is 7.18. The number of thiazole rings is 1. The molecule has 1 aliphatic rings. The predicted molar refractivity (Wildman–Crippen MR) is 165 cm³/mol. The third-order valence-electron chi connectivity index (χ3n) is 7.01. The molecule has 4 aromatic rings. The van der Waals surface area contributed by atoms with E-state index in [0.29, 0.717) is 62.0 Å². The Morgan fingerprint density at radius 1 is 1.11 bits per heavy atom. The highest BCUT2D eigenvalue weighted by atomic mass is 35.5. The zero-order chi connectivity index (χ0) is 31.5. The van der Waals surface area contributed by atoms with Crippen molar-refractivity contribution >= 4 is 41.0 Å². The minimum Gasteiger partial charge on any atom is -0.497 e. The SMILES string of the molecule is CCCC1=C(C(=O)OCC)[C@H](c2cc(OC)ccc2OC)n2c(s/c(=C\c3ccc(-c4ccc(Cl)c(C(=O)O)c4)o3)c2=O)=N1. The molecule has 12 heteroatoms. The lowest BCUT2D eigenvalue weighted by molar-refractivity contribution is -0.139. The van der Waals surface area contributed by atoms with Gasteiger partial charge in [-0.05, 0) is 61.9 Å². The summed E-state index contributed by atoms with van der Waals surface area (Å²) in [5.74, 6) is 0.0312. The Labute approximate surface area is 261 Å². The summed E-state index contributed by atoms with van der Waals surface area (Å²) in [5, 5.41) is 9.55. The maximum absolute atomic E-state index is 14.1. The Kier molecular flexibility index (Phi) is 9.07. The van der Waals surface area contributed by atoms with Gasteiger partial charge in [0.15, 0.2) is 4.80 Å². The van der Waals surface area contributed by atoms with Crippen molar-refractivity contribution in [1.29, 1.82) is 0 Å². The van der Waals surface area contributed by atoms with Crippen LogP contribution >= 0.6 is 22.9 Å². The van der Waals surface area contributed by atoms with Crippen LogP contribution in [0.15, 0.2) is 74.0 Å². The molecule has 1 N–H and O–H groups in total. The fourth-order valence-corrected chi connectivity index (χ4v) is 6.22. The maximum atomic E-state index is 14.1. The van der Waals surface area contributed by atoms with Gasteiger partial charge in [-0.15, -0.1) is 0 Å². The topological polar surface area (TPSA) is 130 Å². The molecule has 0 spiro atoms. The molecule has 2 aromatic heterocycles. The number of nitrogens with zero attached hydrogens (tertiary/aromatic N) is 2. The Hall–Kier alpha value is -4.61. The molecule has 0 aliphatic carbocycles. The van der Waals surface area contributed by atoms with Crippen molar-refractivity contribution < 1.29 is 33.3 Å². The monoisotopic (exact) mass is 636 g/mol. The molecule has 0 saturated heterocycles. The summed E-state index contributed by atoms with van der Waals surface area (Å²) in [7, 11) is 3.05. The van der Waals surface area contributed by atoms with Crippen LogP contribution in [0.3, 0.4) is 0 Å². The number of carboxylic acid groups (broad SMARTS) is 1. The third kappa shape index (κ3) is 5.80. The number of halogens is 1. The number of ether oxygens (including phenoxy) is 3. The highest BCUT2D eigenvalue weighted by Gasteiger charge is 2.36. The van der Waals surface area contributed by atoms with Crippen LogP contribution in [0.25, 0.3) is 17.4 Å². The van der Waals surface area contributed by atoms with E-state index in [0.717, 1.165) is 11.3 Å². The quantitative estimate of drug-likeness (QED) is 0.235. The second-order valence-electron chi connectivity index (χ2n) is 9.72. The fraction of sp³-hybridized carbons (Fsp3) is 0.250. The first-order valence-corrected chi connectivity index (χ1v) is 15.0. The van der Waals surface area contributed by atoms with Crippen LogP contribution in [0.1, 0.15) is 54.4 Å². The lowest BCUT2D eigenvalue weighted by Gasteiger charge is -2.27. The molecule has 1 atom stereocenters. The lowest BCUT2D eigenvalue weighted by atomic mass is 9.93. The minimum atomic E-state index is -1.16. The van der Waals surface area contributed by atoms with Gasteiger partial charge in [0.05, 0.1) is 47.2 Å². The summed E-state index contributed by atoms with van der Waals surface area (Å²) in [5.41, 5.74) is 1.41. The van der Waals surface area contributed by atoms with Gasteiger partial charge in [-0.2, -0.15) is 0 Å². The highest BCUT2D eigenvalue weighted by molar-refractivity contribution is 7.07. The summed E-state index contributed by atoms with van der Waals surface area (Å²) in [6.07, 6.45) is 2.79. The van der Waals surface area contributed by atoms with Gasteiger partial charge in [0.1, 0.15) is 29.1 Å². The van der Waals surface area contributed by atoms with Crippen molar-refractivity contribution in [2.24, 2.45) is 4.99 Å². The van der Waals surface area contributed by atoms with Gasteiger partial charge in [-0.1, -0.05) is 36.3 Å². The maximum Gasteiger partial charge on any atom is 0.338 e. The van der Waals surface area contributed by atoms with Crippen LogP contribution in [-0.2, 0) is 9.53 Å². The highest BCUT2D eigenvalue weighted by Crippen LogP contribution is 2.39. The fourth-order valence-electron chi connectivity index (χ4n) is 5.03. The van der Waals surface area contributed by atoms with Crippen molar-refractivity contribution in [1.82, 2.24) is 4.57 Å². The van der Waals surface area contributed by atoms with E-state index in [1.807, 2.05) is 6.92 Å². The molecular formula is C32H29ClN2O8S. The van der Waals surface area contributed by atoms with E-state index in [2.05, 4.69) is 0 Å². The average Bonchev–Trinajstić information content (AvgIpc) is 3.60. The second kappa shape index (κ2) is 12.9. The van der Waals surface area contributed by atoms with Crippen LogP contribution in [-0.4, -0.2) is 42.4 Å². The van der Waals surface area contributed by atoms with Gasteiger partial charge in [-0.25, -0.2) is 14.6 Å². The molecule has 1 aliphatic heterocycles. The molecule has 228 valence electrons. The Balaban J connectivity index is 1.70. The second-order valence-corrected chi connectivity index (χ2v) is 11.1. The number of allylic oxidation sites excluding steroid dienone is 1. The molecule has 0 radical (unpaired) electrons. The summed E-state index contributed by atoms with van der Waals surface area (Å²) < 4.78 is 24.4. The van der Waals surface area contributed by atoms with Crippen LogP contribution < -0.4 is 24.4 Å². The summed E-state index contributed by atoms with van der Waals surface area (Å²) in [6.45, 7) is 3.85. The summed E-state index contributed by atoms with van der Waals surface area (Å²) in [6, 6.07) is 12.2. The smallest absolute Gasteiger partial charge is 0.338 e. The zero-order valence-corrected chi connectivity index (χ0v) is 26.0. The van der Waals surface area contributed by atoms with E-state index in [4.69, 9.17) is 35.2 Å². The van der Waals surface area contributed by atoms with Gasteiger partial charge in [0.2, 0.25) is 0 Å². The van der Waals surface area contributed by atoms with E-state index in [-0.39, 0.29) is 22.8 Å². The van der Waals surface area contributed by atoms with Gasteiger partial charge < -0.3 is 23.7 Å². The number of benzene rings is 2. The van der Waals surface area contributed by atoms with E-state index in [1.165, 1.54) is 30.9 Å². The normalized spacial score (nSPS) is 14.7. The van der Waals surface area contributed by atoms with Crippen LogP contribution in [0.5, 0.6) is 11.5 Å². The van der Waals surface area contributed by atoms with E-state index >= 15 is 0 Å². The summed E-state index contributed by atoms with van der Waals surface area (Å²) in [4.78, 5) is 44.3. The van der Waals surface area contributed by atoms with Crippen molar-refractivity contribution in [3.05, 3.63) is 101 Å². The lowest BCUT2D eigenvalue weighted by Crippen LogP contribution is -2.40. The molecule has 2 aromatic carbocycles. The Bertz CT molecular complexity index is 1970. The van der Waals surface area contributed by atoms with Crippen molar-refractivity contribution in [2.45, 2.75) is 32.7 Å².